The summed E-state index contributed by atoms with van der Waals surface area (Å²) in [6.07, 6.45) is 66.0. The summed E-state index contributed by atoms with van der Waals surface area (Å²) in [4.78, 5) is 0. The van der Waals surface area contributed by atoms with Crippen molar-refractivity contribution >= 4 is 0 Å². The predicted octanol–water partition coefficient (Wildman–Crippen LogP) is 17.2. The minimum absolute atomic E-state index is 1.50. The van der Waals surface area contributed by atoms with E-state index in [9.17, 15) is 0 Å². The van der Waals surface area contributed by atoms with Crippen LogP contribution in [-0.4, -0.2) is 0 Å². The Morgan fingerprint density at radius 1 is 0.0455 bits per heavy atom. The van der Waals surface area contributed by atoms with Crippen LogP contribution in [-0.2, 0) is 0 Å². The molecule has 9 aliphatic carbocycles. The van der Waals surface area contributed by atoms with Crippen LogP contribution in [0, 0.1) is 0 Å². The van der Waals surface area contributed by atoms with E-state index in [0.29, 0.717) is 0 Å². The first-order valence-electron chi connectivity index (χ1n) is 22.0. The summed E-state index contributed by atoms with van der Waals surface area (Å²) < 4.78 is 0. The highest BCUT2D eigenvalue weighted by molar-refractivity contribution is 4.54. The van der Waals surface area contributed by atoms with Crippen LogP contribution in [0.4, 0.5) is 0 Å². The molecule has 0 heteroatoms. The van der Waals surface area contributed by atoms with Gasteiger partial charge in [0, 0.05) is 0 Å². The Morgan fingerprint density at radius 2 is 0.0682 bits per heavy atom. The van der Waals surface area contributed by atoms with E-state index in [1.54, 1.807) is 0 Å². The standard InChI is InChI=1S/C10H20.C6H12.7C4H8/c1-2-4-6-8-10-9-7-5-3-1;1-2-4-6-5-3-1;7*1-2-4-3-1/h1-10H2;1-6H2;7*1-4H2. The normalized spacial score (nSPS) is 24.0. The molecule has 0 aromatic carbocycles. The smallest absolute Gasteiger partial charge is 0.0533 e. The molecule has 0 aliphatic heterocycles. The van der Waals surface area contributed by atoms with Gasteiger partial charge in [0.2, 0.25) is 0 Å². The van der Waals surface area contributed by atoms with Crippen molar-refractivity contribution in [1.82, 2.24) is 0 Å². The summed E-state index contributed by atoms with van der Waals surface area (Å²) in [5.74, 6) is 0. The third-order valence-electron chi connectivity index (χ3n) is 11.0. The van der Waals surface area contributed by atoms with Crippen LogP contribution in [0.1, 0.15) is 283 Å². The van der Waals surface area contributed by atoms with Crippen LogP contribution < -0.4 is 0 Å². The summed E-state index contributed by atoms with van der Waals surface area (Å²) in [6, 6.07) is 0. The molecule has 0 aromatic rings. The van der Waals surface area contributed by atoms with Crippen molar-refractivity contribution in [1.29, 1.82) is 0 Å². The maximum atomic E-state index is 1.50. The Balaban J connectivity index is 0.000000253. The van der Waals surface area contributed by atoms with Gasteiger partial charge < -0.3 is 0 Å². The van der Waals surface area contributed by atoms with Gasteiger partial charge in [-0.2, -0.15) is 0 Å². The Labute approximate surface area is 281 Å². The first-order valence-corrected chi connectivity index (χ1v) is 22.0. The van der Waals surface area contributed by atoms with Gasteiger partial charge in [-0.3, -0.25) is 0 Å². The van der Waals surface area contributed by atoms with Gasteiger partial charge in [0.15, 0.2) is 0 Å². The zero-order valence-corrected chi connectivity index (χ0v) is 31.1. The predicted molar refractivity (Wildman–Crippen MR) is 203 cm³/mol. The zero-order chi connectivity index (χ0) is 31.1. The molecule has 0 nitrogen and oxygen atoms in total. The molecule has 0 amide bonds. The Morgan fingerprint density at radius 3 is 0.0909 bits per heavy atom. The molecule has 0 aromatic heterocycles. The quantitative estimate of drug-likeness (QED) is 0.254. The van der Waals surface area contributed by atoms with E-state index in [1.165, 1.54) is 283 Å². The summed E-state index contributed by atoms with van der Waals surface area (Å²) in [6.45, 7) is 0. The van der Waals surface area contributed by atoms with Crippen LogP contribution in [0.3, 0.4) is 0 Å². The van der Waals surface area contributed by atoms with Crippen molar-refractivity contribution in [2.24, 2.45) is 0 Å². The second-order valence-corrected chi connectivity index (χ2v) is 15.6. The lowest BCUT2D eigenvalue weighted by Gasteiger charge is -2.05. The van der Waals surface area contributed by atoms with Crippen molar-refractivity contribution in [2.75, 3.05) is 0 Å². The highest BCUT2D eigenvalue weighted by Gasteiger charge is 1.99. The first-order chi connectivity index (χ1) is 22.0. The van der Waals surface area contributed by atoms with Gasteiger partial charge in [0.1, 0.15) is 0 Å². The van der Waals surface area contributed by atoms with Gasteiger partial charge in [-0.15, -0.1) is 0 Å². The molecule has 0 atom stereocenters. The number of hydrogen-bond donors (Lipinski definition) is 0. The average molecular weight is 617 g/mol. The molecule has 44 heavy (non-hydrogen) atoms. The maximum Gasteiger partial charge on any atom is -0.0533 e. The zero-order valence-electron chi connectivity index (χ0n) is 31.1. The second-order valence-electron chi connectivity index (χ2n) is 15.6. The van der Waals surface area contributed by atoms with Crippen LogP contribution in [0.2, 0.25) is 0 Å². The van der Waals surface area contributed by atoms with Gasteiger partial charge in [-0.25, -0.2) is 0 Å². The van der Waals surface area contributed by atoms with Gasteiger partial charge in [-0.05, 0) is 0 Å². The third-order valence-corrected chi connectivity index (χ3v) is 11.0. The molecule has 0 saturated heterocycles. The van der Waals surface area contributed by atoms with Gasteiger partial charge in [0.25, 0.3) is 0 Å². The lowest BCUT2D eigenvalue weighted by atomic mass is 10.0. The average Bonchev–Trinajstić information content (AvgIpc) is 2.77. The number of rotatable bonds is 0. The molecule has 0 radical (unpaired) electrons. The van der Waals surface area contributed by atoms with Crippen molar-refractivity contribution in [3.63, 3.8) is 0 Å². The van der Waals surface area contributed by atoms with Crippen molar-refractivity contribution in [2.45, 2.75) is 283 Å². The maximum absolute atomic E-state index is 1.50. The number of hydrogen-bond acceptors (Lipinski definition) is 0. The van der Waals surface area contributed by atoms with Crippen molar-refractivity contribution < 1.29 is 0 Å². The van der Waals surface area contributed by atoms with E-state index in [4.69, 9.17) is 0 Å². The first kappa shape index (κ1) is 42.0. The van der Waals surface area contributed by atoms with Crippen LogP contribution in [0.5, 0.6) is 0 Å². The summed E-state index contributed by atoms with van der Waals surface area (Å²) >= 11 is 0. The van der Waals surface area contributed by atoms with Crippen LogP contribution >= 0.6 is 0 Å². The third kappa shape index (κ3) is 36.5. The Kier molecular flexibility index (Phi) is 37.4. The lowest BCUT2D eigenvalue weighted by Crippen LogP contribution is -1.85. The molecular weight excluding hydrogens is 528 g/mol. The molecule has 9 aliphatic rings. The van der Waals surface area contributed by atoms with Crippen molar-refractivity contribution in [3.8, 4) is 0 Å². The largest absolute Gasteiger partial charge is 0.0533 e. The monoisotopic (exact) mass is 617 g/mol. The van der Waals surface area contributed by atoms with E-state index < -0.39 is 0 Å². The molecule has 9 rings (SSSR count). The molecule has 0 bridgehead atoms. The minimum atomic E-state index is 1.50. The van der Waals surface area contributed by atoms with E-state index in [1.807, 2.05) is 0 Å². The Bertz CT molecular complexity index is 297. The van der Waals surface area contributed by atoms with Crippen LogP contribution in [0.25, 0.3) is 0 Å². The fraction of sp³-hybridized carbons (Fsp3) is 1.00. The fourth-order valence-corrected chi connectivity index (χ4v) is 4.58. The Hall–Kier alpha value is 0. The molecule has 0 N–H and O–H groups in total. The SMILES string of the molecule is C1CCC1.C1CCC1.C1CCC1.C1CCC1.C1CCC1.C1CCC1.C1CCC1.C1CCCCC1.C1CCCCCCCCC1. The summed E-state index contributed by atoms with van der Waals surface area (Å²) in [5, 5.41) is 0. The molecule has 0 heterocycles. The topological polar surface area (TPSA) is 0 Å². The molecule has 0 unspecified atom stereocenters. The fourth-order valence-electron chi connectivity index (χ4n) is 4.58. The van der Waals surface area contributed by atoms with Crippen molar-refractivity contribution in [3.05, 3.63) is 0 Å². The molecule has 9 fully saturated rings. The van der Waals surface area contributed by atoms with E-state index in [2.05, 4.69) is 0 Å². The molecule has 0 spiro atoms. The van der Waals surface area contributed by atoms with Gasteiger partial charge in [0.05, 0.1) is 0 Å². The molecular formula is C44H88. The minimum Gasteiger partial charge on any atom is -0.0533 e. The lowest BCUT2D eigenvalue weighted by molar-refractivity contribution is 0.504. The second kappa shape index (κ2) is 39.2. The summed E-state index contributed by atoms with van der Waals surface area (Å²) in [7, 11) is 0. The van der Waals surface area contributed by atoms with Crippen LogP contribution in [0.15, 0.2) is 0 Å². The van der Waals surface area contributed by atoms with E-state index >= 15 is 0 Å². The van der Waals surface area contributed by atoms with E-state index in [0.717, 1.165) is 0 Å². The van der Waals surface area contributed by atoms with Gasteiger partial charge in [-0.1, -0.05) is 283 Å². The highest BCUT2D eigenvalue weighted by Crippen LogP contribution is 2.19. The molecule has 264 valence electrons. The highest BCUT2D eigenvalue weighted by atomic mass is 14.1. The van der Waals surface area contributed by atoms with Gasteiger partial charge >= 0.3 is 0 Å². The molecule has 9 saturated carbocycles. The summed E-state index contributed by atoms with van der Waals surface area (Å²) in [5.41, 5.74) is 0. The van der Waals surface area contributed by atoms with E-state index in [-0.39, 0.29) is 0 Å².